The third-order valence-electron chi connectivity index (χ3n) is 3.57. The Kier molecular flexibility index (Phi) is 6.15. The van der Waals surface area contributed by atoms with Crippen LogP contribution < -0.4 is 16.0 Å². The van der Waals surface area contributed by atoms with Gasteiger partial charge in [-0.2, -0.15) is 5.10 Å². The van der Waals surface area contributed by atoms with E-state index in [9.17, 15) is 0 Å². The molecule has 0 saturated heterocycles. The summed E-state index contributed by atoms with van der Waals surface area (Å²) in [6.45, 7) is 4.41. The van der Waals surface area contributed by atoms with Gasteiger partial charge in [-0.15, -0.1) is 0 Å². The Balaban J connectivity index is 2.95. The van der Waals surface area contributed by atoms with Gasteiger partial charge in [0.25, 0.3) is 0 Å². The quantitative estimate of drug-likeness (QED) is 0.551. The Hall–Kier alpha value is -1.07. The Labute approximate surface area is 110 Å². The maximum atomic E-state index is 5.76. The van der Waals surface area contributed by atoms with E-state index in [1.165, 1.54) is 12.8 Å². The topological polar surface area (TPSA) is 65.1 Å². The van der Waals surface area contributed by atoms with Crippen LogP contribution in [0.5, 0.6) is 5.75 Å². The molecule has 1 aromatic heterocycles. The van der Waals surface area contributed by atoms with Crippen LogP contribution in [0.2, 0.25) is 0 Å². The fourth-order valence-electron chi connectivity index (χ4n) is 2.45. The van der Waals surface area contributed by atoms with Gasteiger partial charge in [0.2, 0.25) is 0 Å². The van der Waals surface area contributed by atoms with Gasteiger partial charge in [0.1, 0.15) is 0 Å². The Bertz CT molecular complexity index is 351. The van der Waals surface area contributed by atoms with Crippen molar-refractivity contribution in [3.8, 4) is 5.75 Å². The third kappa shape index (κ3) is 3.23. The van der Waals surface area contributed by atoms with Crippen LogP contribution in [-0.2, 0) is 7.05 Å². The van der Waals surface area contributed by atoms with Crippen molar-refractivity contribution in [3.05, 3.63) is 11.9 Å². The fraction of sp³-hybridized carbons (Fsp3) is 0.769. The normalized spacial score (nSPS) is 14.5. The highest BCUT2D eigenvalue weighted by molar-refractivity contribution is 5.28. The molecule has 2 atom stereocenters. The standard InChI is InChI=1S/C13H26N4O/c1-5-7-8-10(6-2)12(16-14)13-11(18-4)9-15-17(13)3/h9-10,12,16H,5-8,14H2,1-4H3. The van der Waals surface area contributed by atoms with E-state index in [0.29, 0.717) is 5.92 Å². The van der Waals surface area contributed by atoms with E-state index in [1.807, 2.05) is 11.7 Å². The molecule has 5 heteroatoms. The van der Waals surface area contributed by atoms with Crippen LogP contribution in [0.1, 0.15) is 51.3 Å². The van der Waals surface area contributed by atoms with Gasteiger partial charge >= 0.3 is 0 Å². The largest absolute Gasteiger partial charge is 0.493 e. The van der Waals surface area contributed by atoms with Gasteiger partial charge in [-0.25, -0.2) is 0 Å². The van der Waals surface area contributed by atoms with Gasteiger partial charge in [-0.3, -0.25) is 16.0 Å². The third-order valence-corrected chi connectivity index (χ3v) is 3.57. The SMILES string of the molecule is CCCCC(CC)C(NN)c1c(OC)cnn1C. The maximum absolute atomic E-state index is 5.76. The number of unbranched alkanes of at least 4 members (excludes halogenated alkanes) is 1. The van der Waals surface area contributed by atoms with Crippen LogP contribution in [0.4, 0.5) is 0 Å². The first-order valence-corrected chi connectivity index (χ1v) is 6.71. The van der Waals surface area contributed by atoms with Crippen molar-refractivity contribution in [1.82, 2.24) is 15.2 Å². The molecule has 2 unspecified atom stereocenters. The van der Waals surface area contributed by atoms with E-state index in [1.54, 1.807) is 13.3 Å². The molecule has 18 heavy (non-hydrogen) atoms. The second-order valence-electron chi connectivity index (χ2n) is 4.68. The Morgan fingerprint density at radius 1 is 1.50 bits per heavy atom. The molecule has 104 valence electrons. The number of hydrazine groups is 1. The summed E-state index contributed by atoms with van der Waals surface area (Å²) < 4.78 is 7.21. The molecule has 0 bridgehead atoms. The molecule has 0 aliphatic rings. The number of nitrogens with two attached hydrogens (primary N) is 1. The predicted octanol–water partition coefficient (Wildman–Crippen LogP) is 2.15. The van der Waals surface area contributed by atoms with Crippen molar-refractivity contribution in [2.75, 3.05) is 7.11 Å². The minimum atomic E-state index is 0.0870. The van der Waals surface area contributed by atoms with Crippen molar-refractivity contribution in [2.24, 2.45) is 18.8 Å². The van der Waals surface area contributed by atoms with E-state index in [-0.39, 0.29) is 6.04 Å². The maximum Gasteiger partial charge on any atom is 0.161 e. The second kappa shape index (κ2) is 7.38. The van der Waals surface area contributed by atoms with Crippen LogP contribution >= 0.6 is 0 Å². The van der Waals surface area contributed by atoms with E-state index in [0.717, 1.165) is 24.3 Å². The fourth-order valence-corrected chi connectivity index (χ4v) is 2.45. The highest BCUT2D eigenvalue weighted by atomic mass is 16.5. The van der Waals surface area contributed by atoms with E-state index >= 15 is 0 Å². The smallest absolute Gasteiger partial charge is 0.161 e. The molecule has 0 aliphatic carbocycles. The van der Waals surface area contributed by atoms with Gasteiger partial charge in [-0.05, 0) is 12.3 Å². The van der Waals surface area contributed by atoms with Crippen molar-refractivity contribution in [1.29, 1.82) is 0 Å². The molecular weight excluding hydrogens is 228 g/mol. The summed E-state index contributed by atoms with van der Waals surface area (Å²) in [6.07, 6.45) is 6.42. The molecule has 0 fully saturated rings. The number of nitrogens with zero attached hydrogens (tertiary/aromatic N) is 2. The number of hydrogen-bond donors (Lipinski definition) is 2. The molecule has 0 radical (unpaired) electrons. The lowest BCUT2D eigenvalue weighted by molar-refractivity contribution is 0.302. The molecule has 0 aliphatic heterocycles. The first-order valence-electron chi connectivity index (χ1n) is 6.71. The molecule has 0 saturated carbocycles. The molecule has 1 aromatic rings. The number of methoxy groups -OCH3 is 1. The van der Waals surface area contributed by atoms with Crippen LogP contribution in [-0.4, -0.2) is 16.9 Å². The van der Waals surface area contributed by atoms with Gasteiger partial charge < -0.3 is 4.74 Å². The number of nitrogens with one attached hydrogen (secondary N) is 1. The highest BCUT2D eigenvalue weighted by Crippen LogP contribution is 2.33. The molecule has 1 rings (SSSR count). The van der Waals surface area contributed by atoms with Crippen LogP contribution in [0.3, 0.4) is 0 Å². The first kappa shape index (κ1) is 15.0. The second-order valence-corrected chi connectivity index (χ2v) is 4.68. The van der Waals surface area contributed by atoms with Gasteiger partial charge in [-0.1, -0.05) is 33.1 Å². The van der Waals surface area contributed by atoms with Crippen LogP contribution in [0, 0.1) is 5.92 Å². The monoisotopic (exact) mass is 254 g/mol. The summed E-state index contributed by atoms with van der Waals surface area (Å²) in [4.78, 5) is 0. The lowest BCUT2D eigenvalue weighted by atomic mass is 9.89. The molecule has 1 heterocycles. The van der Waals surface area contributed by atoms with Crippen molar-refractivity contribution in [2.45, 2.75) is 45.6 Å². The molecular formula is C13H26N4O. The van der Waals surface area contributed by atoms with Crippen molar-refractivity contribution < 1.29 is 4.74 Å². The van der Waals surface area contributed by atoms with Crippen LogP contribution in [0.25, 0.3) is 0 Å². The number of hydrogen-bond acceptors (Lipinski definition) is 4. The molecule has 3 N–H and O–H groups in total. The Morgan fingerprint density at radius 2 is 2.22 bits per heavy atom. The van der Waals surface area contributed by atoms with Gasteiger partial charge in [0, 0.05) is 7.05 Å². The average Bonchev–Trinajstić information content (AvgIpc) is 2.76. The minimum absolute atomic E-state index is 0.0870. The summed E-state index contributed by atoms with van der Waals surface area (Å²) in [5, 5.41) is 4.25. The summed E-state index contributed by atoms with van der Waals surface area (Å²) in [5.41, 5.74) is 3.97. The molecule has 0 amide bonds. The minimum Gasteiger partial charge on any atom is -0.493 e. The zero-order valence-corrected chi connectivity index (χ0v) is 11.9. The van der Waals surface area contributed by atoms with E-state index in [4.69, 9.17) is 10.6 Å². The summed E-state index contributed by atoms with van der Waals surface area (Å²) >= 11 is 0. The predicted molar refractivity (Wildman–Crippen MR) is 73.1 cm³/mol. The zero-order chi connectivity index (χ0) is 13.5. The van der Waals surface area contributed by atoms with Crippen LogP contribution in [0.15, 0.2) is 6.20 Å². The Morgan fingerprint density at radius 3 is 2.72 bits per heavy atom. The number of ether oxygens (including phenoxy) is 1. The summed E-state index contributed by atoms with van der Waals surface area (Å²) in [7, 11) is 3.59. The number of rotatable bonds is 8. The lowest BCUT2D eigenvalue weighted by Crippen LogP contribution is -2.35. The van der Waals surface area contributed by atoms with E-state index < -0.39 is 0 Å². The van der Waals surface area contributed by atoms with Gasteiger partial charge in [0.05, 0.1) is 25.0 Å². The summed E-state index contributed by atoms with van der Waals surface area (Å²) in [6, 6.07) is 0.0870. The highest BCUT2D eigenvalue weighted by Gasteiger charge is 2.26. The molecule has 0 spiro atoms. The number of aryl methyl sites for hydroxylation is 1. The van der Waals surface area contributed by atoms with Crippen molar-refractivity contribution in [3.63, 3.8) is 0 Å². The summed E-state index contributed by atoms with van der Waals surface area (Å²) in [5.74, 6) is 7.06. The lowest BCUT2D eigenvalue weighted by Gasteiger charge is -2.26. The molecule has 5 nitrogen and oxygen atoms in total. The molecule has 0 aromatic carbocycles. The average molecular weight is 254 g/mol. The van der Waals surface area contributed by atoms with Gasteiger partial charge in [0.15, 0.2) is 5.75 Å². The zero-order valence-electron chi connectivity index (χ0n) is 11.9. The van der Waals surface area contributed by atoms with E-state index in [2.05, 4.69) is 24.4 Å². The van der Waals surface area contributed by atoms with Crippen molar-refractivity contribution >= 4 is 0 Å². The number of aromatic nitrogens is 2. The first-order chi connectivity index (χ1) is 8.69.